The predicted octanol–water partition coefficient (Wildman–Crippen LogP) is 1.30. The van der Waals surface area contributed by atoms with Gasteiger partial charge in [0.15, 0.2) is 0 Å². The van der Waals surface area contributed by atoms with Gasteiger partial charge in [0.05, 0.1) is 12.6 Å². The van der Waals surface area contributed by atoms with E-state index in [1.54, 1.807) is 4.90 Å². The molecule has 0 spiro atoms. The molecule has 0 saturated carbocycles. The Morgan fingerprint density at radius 3 is 2.57 bits per heavy atom. The first-order valence-corrected chi connectivity index (χ1v) is 8.00. The monoisotopic (exact) mass is 329 g/mol. The Labute approximate surface area is 135 Å². The molecule has 2 unspecified atom stereocenters. The molecule has 1 amide bonds. The van der Waals surface area contributed by atoms with Gasteiger partial charge in [-0.25, -0.2) is 4.98 Å². The Morgan fingerprint density at radius 1 is 1.35 bits per heavy atom. The fourth-order valence-corrected chi connectivity index (χ4v) is 2.68. The van der Waals surface area contributed by atoms with E-state index in [4.69, 9.17) is 5.73 Å². The lowest BCUT2D eigenvalue weighted by atomic mass is 9.98. The minimum absolute atomic E-state index is 0.0203. The van der Waals surface area contributed by atoms with Gasteiger partial charge < -0.3 is 10.6 Å². The fourth-order valence-electron chi connectivity index (χ4n) is 2.68. The zero-order chi connectivity index (χ0) is 17.0. The van der Waals surface area contributed by atoms with Crippen molar-refractivity contribution in [2.75, 3.05) is 26.2 Å². The Kier molecular flexibility index (Phi) is 6.06. The predicted molar refractivity (Wildman–Crippen MR) is 82.8 cm³/mol. The van der Waals surface area contributed by atoms with Crippen LogP contribution in [0.25, 0.3) is 0 Å². The SMILES string of the molecule is CCC(C)C(N)C(=O)N1CCN(Cc2nccn2C(F)F)CC1. The lowest BCUT2D eigenvalue weighted by Gasteiger charge is -2.36. The Hall–Kier alpha value is -1.54. The van der Waals surface area contributed by atoms with Crippen molar-refractivity contribution < 1.29 is 13.6 Å². The number of rotatable bonds is 6. The molecule has 2 atom stereocenters. The number of carbonyl (C=O) groups is 1. The number of piperazine rings is 1. The van der Waals surface area contributed by atoms with Crippen LogP contribution in [0, 0.1) is 5.92 Å². The van der Waals surface area contributed by atoms with Crippen LogP contribution in [0.2, 0.25) is 0 Å². The zero-order valence-electron chi connectivity index (χ0n) is 13.7. The molecule has 1 aromatic heterocycles. The molecule has 2 rings (SSSR count). The van der Waals surface area contributed by atoms with E-state index in [0.717, 1.165) is 11.0 Å². The van der Waals surface area contributed by atoms with Gasteiger partial charge in [-0.2, -0.15) is 8.78 Å². The van der Waals surface area contributed by atoms with E-state index in [2.05, 4.69) is 4.98 Å². The quantitative estimate of drug-likeness (QED) is 0.854. The number of alkyl halides is 2. The van der Waals surface area contributed by atoms with Gasteiger partial charge in [0.1, 0.15) is 5.82 Å². The van der Waals surface area contributed by atoms with E-state index in [0.29, 0.717) is 38.5 Å². The van der Waals surface area contributed by atoms with E-state index in [1.165, 1.54) is 12.4 Å². The zero-order valence-corrected chi connectivity index (χ0v) is 13.7. The first kappa shape index (κ1) is 17.8. The highest BCUT2D eigenvalue weighted by Gasteiger charge is 2.28. The number of nitrogens with two attached hydrogens (primary N) is 1. The molecule has 0 aromatic carbocycles. The fraction of sp³-hybridized carbons (Fsp3) is 0.733. The molecule has 0 bridgehead atoms. The number of hydrogen-bond donors (Lipinski definition) is 1. The van der Waals surface area contributed by atoms with Crippen LogP contribution in [0.15, 0.2) is 12.4 Å². The first-order chi connectivity index (χ1) is 10.9. The van der Waals surface area contributed by atoms with E-state index >= 15 is 0 Å². The topological polar surface area (TPSA) is 67.4 Å². The molecule has 1 aromatic rings. The van der Waals surface area contributed by atoms with Gasteiger partial charge in [0, 0.05) is 38.6 Å². The summed E-state index contributed by atoms with van der Waals surface area (Å²) in [6.07, 6.45) is 3.53. The molecule has 0 radical (unpaired) electrons. The smallest absolute Gasteiger partial charge is 0.319 e. The third-order valence-corrected chi connectivity index (χ3v) is 4.55. The molecule has 23 heavy (non-hydrogen) atoms. The summed E-state index contributed by atoms with van der Waals surface area (Å²) in [5, 5.41) is 0. The van der Waals surface area contributed by atoms with Crippen LogP contribution < -0.4 is 5.73 Å². The van der Waals surface area contributed by atoms with Crippen LogP contribution in [0.1, 0.15) is 32.6 Å². The standard InChI is InChI=1S/C15H25F2N5O/c1-3-11(2)13(18)14(23)21-8-6-20(7-9-21)10-12-19-4-5-22(12)15(16)17/h4-5,11,13,15H,3,6-10,18H2,1-2H3. The number of nitrogens with zero attached hydrogens (tertiary/aromatic N) is 4. The third-order valence-electron chi connectivity index (χ3n) is 4.55. The van der Waals surface area contributed by atoms with Crippen molar-refractivity contribution >= 4 is 5.91 Å². The summed E-state index contributed by atoms with van der Waals surface area (Å²) in [7, 11) is 0. The Balaban J connectivity index is 1.86. The van der Waals surface area contributed by atoms with Crippen molar-refractivity contribution in [3.63, 3.8) is 0 Å². The van der Waals surface area contributed by atoms with Crippen LogP contribution in [0.4, 0.5) is 8.78 Å². The number of aromatic nitrogens is 2. The third kappa shape index (κ3) is 4.26. The maximum atomic E-state index is 12.8. The van der Waals surface area contributed by atoms with Gasteiger partial charge >= 0.3 is 6.55 Å². The second-order valence-corrected chi connectivity index (χ2v) is 6.04. The average Bonchev–Trinajstić information content (AvgIpc) is 3.01. The van der Waals surface area contributed by atoms with Crippen molar-refractivity contribution in [3.05, 3.63) is 18.2 Å². The molecule has 2 heterocycles. The molecule has 1 saturated heterocycles. The molecule has 130 valence electrons. The maximum Gasteiger partial charge on any atom is 0.319 e. The van der Waals surface area contributed by atoms with Crippen molar-refractivity contribution in [1.82, 2.24) is 19.4 Å². The summed E-state index contributed by atoms with van der Waals surface area (Å²) in [6, 6.07) is -0.468. The summed E-state index contributed by atoms with van der Waals surface area (Å²) in [5.74, 6) is 0.475. The summed E-state index contributed by atoms with van der Waals surface area (Å²) >= 11 is 0. The molecular formula is C15H25F2N5O. The largest absolute Gasteiger partial charge is 0.339 e. The molecule has 1 aliphatic heterocycles. The highest BCUT2D eigenvalue weighted by Crippen LogP contribution is 2.16. The van der Waals surface area contributed by atoms with Crippen LogP contribution in [0.5, 0.6) is 0 Å². The van der Waals surface area contributed by atoms with Crippen molar-refractivity contribution in [2.45, 2.75) is 39.4 Å². The maximum absolute atomic E-state index is 12.8. The summed E-state index contributed by atoms with van der Waals surface area (Å²) < 4.78 is 26.5. The average molecular weight is 329 g/mol. The molecule has 1 aliphatic rings. The summed E-state index contributed by atoms with van der Waals surface area (Å²) in [5.41, 5.74) is 6.00. The summed E-state index contributed by atoms with van der Waals surface area (Å²) in [4.78, 5) is 20.1. The molecule has 8 heteroatoms. The van der Waals surface area contributed by atoms with Crippen LogP contribution in [-0.2, 0) is 11.3 Å². The van der Waals surface area contributed by atoms with Crippen molar-refractivity contribution in [1.29, 1.82) is 0 Å². The second kappa shape index (κ2) is 7.83. The van der Waals surface area contributed by atoms with Crippen LogP contribution in [-0.4, -0.2) is 57.5 Å². The minimum Gasteiger partial charge on any atom is -0.339 e. The molecule has 1 fully saturated rings. The van der Waals surface area contributed by atoms with Gasteiger partial charge in [0.2, 0.25) is 5.91 Å². The van der Waals surface area contributed by atoms with Crippen molar-refractivity contribution in [3.8, 4) is 0 Å². The molecule has 6 nitrogen and oxygen atoms in total. The number of hydrogen-bond acceptors (Lipinski definition) is 4. The minimum atomic E-state index is -2.58. The van der Waals surface area contributed by atoms with Crippen LogP contribution >= 0.6 is 0 Å². The van der Waals surface area contributed by atoms with E-state index in [1.807, 2.05) is 18.7 Å². The molecular weight excluding hydrogens is 304 g/mol. The van der Waals surface area contributed by atoms with Gasteiger partial charge in [-0.3, -0.25) is 14.3 Å². The Bertz CT molecular complexity index is 514. The highest BCUT2D eigenvalue weighted by atomic mass is 19.3. The first-order valence-electron chi connectivity index (χ1n) is 8.00. The molecule has 2 N–H and O–H groups in total. The van der Waals surface area contributed by atoms with Gasteiger partial charge in [0.25, 0.3) is 0 Å². The number of imidazole rings is 1. The number of carbonyl (C=O) groups excluding carboxylic acids is 1. The number of amides is 1. The van der Waals surface area contributed by atoms with Gasteiger partial charge in [-0.05, 0) is 5.92 Å². The highest BCUT2D eigenvalue weighted by molar-refractivity contribution is 5.82. The van der Waals surface area contributed by atoms with Gasteiger partial charge in [-0.15, -0.1) is 0 Å². The van der Waals surface area contributed by atoms with Gasteiger partial charge in [-0.1, -0.05) is 20.3 Å². The lowest BCUT2D eigenvalue weighted by molar-refractivity contribution is -0.135. The van der Waals surface area contributed by atoms with E-state index in [-0.39, 0.29) is 11.8 Å². The van der Waals surface area contributed by atoms with E-state index in [9.17, 15) is 13.6 Å². The van der Waals surface area contributed by atoms with Crippen molar-refractivity contribution in [2.24, 2.45) is 11.7 Å². The van der Waals surface area contributed by atoms with E-state index < -0.39 is 12.6 Å². The molecule has 0 aliphatic carbocycles. The Morgan fingerprint density at radius 2 is 2.00 bits per heavy atom. The van der Waals surface area contributed by atoms with Crippen LogP contribution in [0.3, 0.4) is 0 Å². The number of halogens is 2. The normalized spacial score (nSPS) is 19.1. The lowest BCUT2D eigenvalue weighted by Crippen LogP contribution is -2.54. The summed E-state index contributed by atoms with van der Waals surface area (Å²) in [6.45, 7) is 4.17. The second-order valence-electron chi connectivity index (χ2n) is 6.04.